The van der Waals surface area contributed by atoms with Crippen molar-refractivity contribution in [1.82, 2.24) is 5.32 Å². The molecule has 76 valence electrons. The molecular formula is C12H18N2. The molecule has 0 aromatic heterocycles. The van der Waals surface area contributed by atoms with Crippen molar-refractivity contribution in [2.24, 2.45) is 5.92 Å². The molecule has 0 saturated carbocycles. The summed E-state index contributed by atoms with van der Waals surface area (Å²) in [7, 11) is 0. The van der Waals surface area contributed by atoms with Gasteiger partial charge in [-0.25, -0.2) is 0 Å². The maximum atomic E-state index is 3.59. The van der Waals surface area contributed by atoms with Gasteiger partial charge < -0.3 is 10.6 Å². The Kier molecular flexibility index (Phi) is 3.04. The van der Waals surface area contributed by atoms with E-state index in [2.05, 4.69) is 47.9 Å². The smallest absolute Gasteiger partial charge is 0.0342 e. The molecule has 2 nitrogen and oxygen atoms in total. The zero-order valence-electron chi connectivity index (χ0n) is 8.66. The molecule has 0 radical (unpaired) electrons. The van der Waals surface area contributed by atoms with Crippen LogP contribution < -0.4 is 10.6 Å². The van der Waals surface area contributed by atoms with Gasteiger partial charge in [-0.2, -0.15) is 0 Å². The van der Waals surface area contributed by atoms with Crippen LogP contribution in [0.5, 0.6) is 0 Å². The third-order valence-corrected chi connectivity index (χ3v) is 2.91. The Morgan fingerprint density at radius 2 is 2.07 bits per heavy atom. The molecule has 1 heterocycles. The molecule has 1 aliphatic rings. The Labute approximate surface area is 85.7 Å². The summed E-state index contributed by atoms with van der Waals surface area (Å²) in [5.41, 5.74) is 1.24. The maximum absolute atomic E-state index is 3.59. The van der Waals surface area contributed by atoms with Gasteiger partial charge in [-0.15, -0.1) is 0 Å². The topological polar surface area (TPSA) is 24.1 Å². The van der Waals surface area contributed by atoms with Crippen LogP contribution in [0.3, 0.4) is 0 Å². The molecule has 1 fully saturated rings. The number of hydrogen-bond acceptors (Lipinski definition) is 2. The Morgan fingerprint density at radius 3 is 2.79 bits per heavy atom. The van der Waals surface area contributed by atoms with Crippen LogP contribution in [0.25, 0.3) is 0 Å². The van der Waals surface area contributed by atoms with Gasteiger partial charge in [0.05, 0.1) is 0 Å². The Morgan fingerprint density at radius 1 is 1.29 bits per heavy atom. The van der Waals surface area contributed by atoms with Crippen LogP contribution in [0.4, 0.5) is 5.69 Å². The summed E-state index contributed by atoms with van der Waals surface area (Å²) in [6, 6.07) is 11.1. The fourth-order valence-electron chi connectivity index (χ4n) is 1.98. The predicted octanol–water partition coefficient (Wildman–Crippen LogP) is 2.10. The number of nitrogens with one attached hydrogen (secondary N) is 2. The minimum Gasteiger partial charge on any atom is -0.382 e. The molecule has 2 atom stereocenters. The van der Waals surface area contributed by atoms with Crippen LogP contribution in [-0.2, 0) is 0 Å². The first kappa shape index (κ1) is 9.53. The molecular weight excluding hydrogens is 172 g/mol. The maximum Gasteiger partial charge on any atom is 0.0342 e. The third kappa shape index (κ3) is 2.26. The lowest BCUT2D eigenvalue weighted by Crippen LogP contribution is -2.42. The van der Waals surface area contributed by atoms with Crippen molar-refractivity contribution in [3.63, 3.8) is 0 Å². The van der Waals surface area contributed by atoms with Crippen molar-refractivity contribution >= 4 is 5.69 Å². The molecule has 1 aromatic rings. The van der Waals surface area contributed by atoms with E-state index in [1.165, 1.54) is 12.1 Å². The van der Waals surface area contributed by atoms with E-state index in [0.717, 1.165) is 13.1 Å². The van der Waals surface area contributed by atoms with Crippen molar-refractivity contribution in [3.05, 3.63) is 30.3 Å². The SMILES string of the molecule is C[C@H]1CNCC[C@H]1Nc1ccccc1. The van der Waals surface area contributed by atoms with Gasteiger partial charge in [-0.05, 0) is 37.6 Å². The molecule has 2 N–H and O–H groups in total. The minimum atomic E-state index is 0.624. The van der Waals surface area contributed by atoms with Gasteiger partial charge in [0.2, 0.25) is 0 Å². The van der Waals surface area contributed by atoms with Crippen molar-refractivity contribution in [2.75, 3.05) is 18.4 Å². The number of para-hydroxylation sites is 1. The van der Waals surface area contributed by atoms with Gasteiger partial charge in [-0.3, -0.25) is 0 Å². The Balaban J connectivity index is 1.96. The second-order valence-corrected chi connectivity index (χ2v) is 4.09. The molecule has 0 bridgehead atoms. The summed E-state index contributed by atoms with van der Waals surface area (Å²) in [5, 5.41) is 7.00. The molecule has 14 heavy (non-hydrogen) atoms. The van der Waals surface area contributed by atoms with Gasteiger partial charge >= 0.3 is 0 Å². The van der Waals surface area contributed by atoms with Crippen molar-refractivity contribution in [1.29, 1.82) is 0 Å². The highest BCUT2D eigenvalue weighted by Gasteiger charge is 2.20. The molecule has 1 aliphatic heterocycles. The predicted molar refractivity (Wildman–Crippen MR) is 60.5 cm³/mol. The Hall–Kier alpha value is -1.02. The number of rotatable bonds is 2. The van der Waals surface area contributed by atoms with Crippen molar-refractivity contribution in [3.8, 4) is 0 Å². The van der Waals surface area contributed by atoms with Gasteiger partial charge in [-0.1, -0.05) is 25.1 Å². The molecule has 0 unspecified atom stereocenters. The molecule has 2 rings (SSSR count). The lowest BCUT2D eigenvalue weighted by Gasteiger charge is -2.31. The van der Waals surface area contributed by atoms with E-state index in [4.69, 9.17) is 0 Å². The van der Waals surface area contributed by atoms with Gasteiger partial charge in [0, 0.05) is 11.7 Å². The van der Waals surface area contributed by atoms with Crippen LogP contribution in [0, 0.1) is 5.92 Å². The first-order valence-electron chi connectivity index (χ1n) is 5.38. The summed E-state index contributed by atoms with van der Waals surface area (Å²) in [4.78, 5) is 0. The fraction of sp³-hybridized carbons (Fsp3) is 0.500. The highest BCUT2D eigenvalue weighted by molar-refractivity contribution is 5.43. The third-order valence-electron chi connectivity index (χ3n) is 2.91. The first-order valence-corrected chi connectivity index (χ1v) is 5.38. The largest absolute Gasteiger partial charge is 0.382 e. The van der Waals surface area contributed by atoms with E-state index in [1.807, 2.05) is 0 Å². The summed E-state index contributed by atoms with van der Waals surface area (Å²) in [5.74, 6) is 0.712. The normalized spacial score (nSPS) is 27.2. The molecule has 1 aromatic carbocycles. The lowest BCUT2D eigenvalue weighted by molar-refractivity contribution is 0.368. The zero-order valence-corrected chi connectivity index (χ0v) is 8.66. The van der Waals surface area contributed by atoms with Gasteiger partial charge in [0.1, 0.15) is 0 Å². The first-order chi connectivity index (χ1) is 6.86. The monoisotopic (exact) mass is 190 g/mol. The summed E-state index contributed by atoms with van der Waals surface area (Å²) < 4.78 is 0. The number of piperidine rings is 1. The second-order valence-electron chi connectivity index (χ2n) is 4.09. The summed E-state index contributed by atoms with van der Waals surface area (Å²) in [6.45, 7) is 4.56. The van der Waals surface area contributed by atoms with Crippen molar-refractivity contribution in [2.45, 2.75) is 19.4 Å². The van der Waals surface area contributed by atoms with Crippen LogP contribution in [-0.4, -0.2) is 19.1 Å². The number of benzene rings is 1. The average molecular weight is 190 g/mol. The molecule has 0 amide bonds. The lowest BCUT2D eigenvalue weighted by atomic mass is 9.95. The minimum absolute atomic E-state index is 0.624. The van der Waals surface area contributed by atoms with Crippen LogP contribution in [0.2, 0.25) is 0 Å². The molecule has 1 saturated heterocycles. The molecule has 0 spiro atoms. The quantitative estimate of drug-likeness (QED) is 0.746. The standard InChI is InChI=1S/C12H18N2/c1-10-9-13-8-7-12(10)14-11-5-3-2-4-6-11/h2-6,10,12-14H,7-9H2,1H3/t10-,12+/m0/s1. The highest BCUT2D eigenvalue weighted by Crippen LogP contribution is 2.16. The van der Waals surface area contributed by atoms with Crippen LogP contribution in [0.1, 0.15) is 13.3 Å². The van der Waals surface area contributed by atoms with Gasteiger partial charge in [0.15, 0.2) is 0 Å². The summed E-state index contributed by atoms with van der Waals surface area (Å²) in [6.07, 6.45) is 1.22. The molecule has 2 heteroatoms. The van der Waals surface area contributed by atoms with E-state index in [9.17, 15) is 0 Å². The fourth-order valence-corrected chi connectivity index (χ4v) is 1.98. The number of hydrogen-bond donors (Lipinski definition) is 2. The van der Waals surface area contributed by atoms with E-state index in [1.54, 1.807) is 0 Å². The van der Waals surface area contributed by atoms with Crippen molar-refractivity contribution < 1.29 is 0 Å². The zero-order chi connectivity index (χ0) is 9.80. The van der Waals surface area contributed by atoms with Gasteiger partial charge in [0.25, 0.3) is 0 Å². The van der Waals surface area contributed by atoms with E-state index in [0.29, 0.717) is 12.0 Å². The van der Waals surface area contributed by atoms with E-state index < -0.39 is 0 Å². The Bertz CT molecular complexity index is 271. The number of anilines is 1. The average Bonchev–Trinajstić information content (AvgIpc) is 2.23. The molecule has 0 aliphatic carbocycles. The van der Waals surface area contributed by atoms with Crippen LogP contribution in [0.15, 0.2) is 30.3 Å². The van der Waals surface area contributed by atoms with Crippen LogP contribution >= 0.6 is 0 Å². The van der Waals surface area contributed by atoms with E-state index >= 15 is 0 Å². The summed E-state index contributed by atoms with van der Waals surface area (Å²) >= 11 is 0. The second kappa shape index (κ2) is 4.47. The highest BCUT2D eigenvalue weighted by atomic mass is 15.0. The van der Waals surface area contributed by atoms with E-state index in [-0.39, 0.29) is 0 Å².